The maximum atomic E-state index is 12.0. The van der Waals surface area contributed by atoms with Crippen LogP contribution in [0.3, 0.4) is 0 Å². The van der Waals surface area contributed by atoms with E-state index >= 15 is 0 Å². The highest BCUT2D eigenvalue weighted by Gasteiger charge is 2.20. The van der Waals surface area contributed by atoms with Crippen LogP contribution in [0.2, 0.25) is 0 Å². The number of rotatable bonds is 6. The Kier molecular flexibility index (Phi) is 5.57. The Labute approximate surface area is 122 Å². The molecule has 1 aromatic carbocycles. The smallest absolute Gasteiger partial charge is 0.213 e. The Hall–Kier alpha value is -0.910. The summed E-state index contributed by atoms with van der Waals surface area (Å²) in [6, 6.07) is 8.17. The molecule has 1 aromatic rings. The molecular weight excluding hydrogens is 272 g/mol. The summed E-state index contributed by atoms with van der Waals surface area (Å²) in [5, 5.41) is 3.27. The van der Waals surface area contributed by atoms with Crippen molar-refractivity contribution < 1.29 is 8.42 Å². The Balaban J connectivity index is 1.84. The third kappa shape index (κ3) is 4.89. The van der Waals surface area contributed by atoms with Crippen LogP contribution in [0.1, 0.15) is 37.3 Å². The van der Waals surface area contributed by atoms with Gasteiger partial charge in [0.15, 0.2) is 0 Å². The van der Waals surface area contributed by atoms with Crippen molar-refractivity contribution >= 4 is 10.0 Å². The lowest BCUT2D eigenvalue weighted by molar-refractivity contribution is 0.422. The lowest BCUT2D eigenvalue weighted by Gasteiger charge is -2.23. The molecule has 0 bridgehead atoms. The number of hydrogen-bond acceptors (Lipinski definition) is 3. The molecule has 2 rings (SSSR count). The summed E-state index contributed by atoms with van der Waals surface area (Å²) < 4.78 is 26.8. The van der Waals surface area contributed by atoms with Gasteiger partial charge in [-0.3, -0.25) is 0 Å². The standard InChI is InChI=1S/C15H24N2O2S/c1-2-13-6-8-14(9-7-13)11-17-20(18,19)12-15-5-3-4-10-16-15/h6-9,15-17H,2-5,10-12H2,1H3. The minimum atomic E-state index is -3.21. The van der Waals surface area contributed by atoms with Crippen LogP contribution in [0, 0.1) is 0 Å². The van der Waals surface area contributed by atoms with E-state index in [1.807, 2.05) is 24.3 Å². The Morgan fingerprint density at radius 3 is 2.50 bits per heavy atom. The molecular formula is C15H24N2O2S. The first kappa shape index (κ1) is 15.5. The minimum Gasteiger partial charge on any atom is -0.313 e. The van der Waals surface area contributed by atoms with Crippen LogP contribution < -0.4 is 10.0 Å². The number of benzene rings is 1. The third-order valence-electron chi connectivity index (χ3n) is 3.76. The van der Waals surface area contributed by atoms with Gasteiger partial charge in [-0.25, -0.2) is 13.1 Å². The molecule has 1 saturated heterocycles. The van der Waals surface area contributed by atoms with Gasteiger partial charge in [-0.05, 0) is 36.9 Å². The molecule has 1 atom stereocenters. The van der Waals surface area contributed by atoms with Gasteiger partial charge in [-0.2, -0.15) is 0 Å². The van der Waals surface area contributed by atoms with Gasteiger partial charge in [0.1, 0.15) is 0 Å². The average Bonchev–Trinajstić information content (AvgIpc) is 2.46. The van der Waals surface area contributed by atoms with Crippen molar-refractivity contribution in [2.24, 2.45) is 0 Å². The van der Waals surface area contributed by atoms with Gasteiger partial charge in [0, 0.05) is 12.6 Å². The molecule has 4 nitrogen and oxygen atoms in total. The molecule has 1 aliphatic heterocycles. The van der Waals surface area contributed by atoms with E-state index in [0.717, 1.165) is 37.8 Å². The van der Waals surface area contributed by atoms with Crippen molar-refractivity contribution in [3.05, 3.63) is 35.4 Å². The van der Waals surface area contributed by atoms with E-state index in [0.29, 0.717) is 6.54 Å². The summed E-state index contributed by atoms with van der Waals surface area (Å²) in [7, 11) is -3.21. The van der Waals surface area contributed by atoms with Crippen LogP contribution in [-0.4, -0.2) is 26.8 Å². The normalized spacial score (nSPS) is 19.9. The first-order chi connectivity index (χ1) is 9.59. The van der Waals surface area contributed by atoms with Crippen LogP contribution in [0.4, 0.5) is 0 Å². The molecule has 0 aromatic heterocycles. The van der Waals surface area contributed by atoms with Crippen molar-refractivity contribution in [2.75, 3.05) is 12.3 Å². The summed E-state index contributed by atoms with van der Waals surface area (Å²) in [6.45, 7) is 3.41. The zero-order valence-corrected chi connectivity index (χ0v) is 12.9. The summed E-state index contributed by atoms with van der Waals surface area (Å²) in [5.41, 5.74) is 2.27. The first-order valence-electron chi connectivity index (χ1n) is 7.37. The highest BCUT2D eigenvalue weighted by Crippen LogP contribution is 2.09. The predicted octanol–water partition coefficient (Wildman–Crippen LogP) is 1.81. The largest absolute Gasteiger partial charge is 0.313 e. The Morgan fingerprint density at radius 2 is 1.90 bits per heavy atom. The molecule has 1 aliphatic rings. The van der Waals surface area contributed by atoms with Crippen molar-refractivity contribution in [3.63, 3.8) is 0 Å². The minimum absolute atomic E-state index is 0.101. The van der Waals surface area contributed by atoms with Crippen molar-refractivity contribution in [2.45, 2.75) is 45.2 Å². The van der Waals surface area contributed by atoms with Gasteiger partial charge in [0.05, 0.1) is 5.75 Å². The van der Waals surface area contributed by atoms with E-state index < -0.39 is 10.0 Å². The van der Waals surface area contributed by atoms with Crippen molar-refractivity contribution in [1.29, 1.82) is 0 Å². The predicted molar refractivity (Wildman–Crippen MR) is 82.1 cm³/mol. The van der Waals surface area contributed by atoms with Crippen LogP contribution in [0.15, 0.2) is 24.3 Å². The fraction of sp³-hybridized carbons (Fsp3) is 0.600. The summed E-state index contributed by atoms with van der Waals surface area (Å²) >= 11 is 0. The first-order valence-corrected chi connectivity index (χ1v) is 9.03. The second-order valence-corrected chi connectivity index (χ2v) is 7.27. The van der Waals surface area contributed by atoms with Gasteiger partial charge >= 0.3 is 0 Å². The fourth-order valence-corrected chi connectivity index (χ4v) is 3.79. The van der Waals surface area contributed by atoms with Gasteiger partial charge in [0.25, 0.3) is 0 Å². The van der Waals surface area contributed by atoms with E-state index in [-0.39, 0.29) is 11.8 Å². The SMILES string of the molecule is CCc1ccc(CNS(=O)(=O)CC2CCCCN2)cc1. The van der Waals surface area contributed by atoms with Crippen molar-refractivity contribution in [1.82, 2.24) is 10.0 Å². The lowest BCUT2D eigenvalue weighted by Crippen LogP contribution is -2.42. The van der Waals surface area contributed by atoms with E-state index in [1.54, 1.807) is 0 Å². The quantitative estimate of drug-likeness (QED) is 0.842. The van der Waals surface area contributed by atoms with E-state index in [2.05, 4.69) is 17.0 Å². The molecule has 0 aliphatic carbocycles. The third-order valence-corrected chi connectivity index (χ3v) is 5.19. The fourth-order valence-electron chi connectivity index (χ4n) is 2.48. The zero-order valence-electron chi connectivity index (χ0n) is 12.1. The summed E-state index contributed by atoms with van der Waals surface area (Å²) in [4.78, 5) is 0. The van der Waals surface area contributed by atoms with E-state index in [9.17, 15) is 8.42 Å². The molecule has 1 unspecified atom stereocenters. The number of aryl methyl sites for hydroxylation is 1. The van der Waals surface area contributed by atoms with E-state index in [1.165, 1.54) is 5.56 Å². The molecule has 5 heteroatoms. The highest BCUT2D eigenvalue weighted by molar-refractivity contribution is 7.89. The number of piperidine rings is 1. The molecule has 1 fully saturated rings. The van der Waals surface area contributed by atoms with Crippen molar-refractivity contribution in [3.8, 4) is 0 Å². The molecule has 0 radical (unpaired) electrons. The topological polar surface area (TPSA) is 58.2 Å². The van der Waals surface area contributed by atoms with Gasteiger partial charge in [-0.15, -0.1) is 0 Å². The Morgan fingerprint density at radius 1 is 1.20 bits per heavy atom. The van der Waals surface area contributed by atoms with Crippen LogP contribution in [0.25, 0.3) is 0 Å². The summed E-state index contributed by atoms with van der Waals surface area (Å²) in [6.07, 6.45) is 4.21. The molecule has 1 heterocycles. The van der Waals surface area contributed by atoms with E-state index in [4.69, 9.17) is 0 Å². The Bertz CT molecular complexity index is 505. The zero-order chi connectivity index (χ0) is 14.4. The molecule has 0 saturated carbocycles. The van der Waals surface area contributed by atoms with Gasteiger partial charge in [0.2, 0.25) is 10.0 Å². The maximum absolute atomic E-state index is 12.0. The highest BCUT2D eigenvalue weighted by atomic mass is 32.2. The molecule has 2 N–H and O–H groups in total. The second kappa shape index (κ2) is 7.20. The monoisotopic (exact) mass is 296 g/mol. The second-order valence-electron chi connectivity index (χ2n) is 5.42. The average molecular weight is 296 g/mol. The van der Waals surface area contributed by atoms with Crippen LogP contribution >= 0.6 is 0 Å². The number of nitrogens with one attached hydrogen (secondary N) is 2. The summed E-state index contributed by atoms with van der Waals surface area (Å²) in [5.74, 6) is 0.181. The van der Waals surface area contributed by atoms with Gasteiger partial charge in [-0.1, -0.05) is 37.6 Å². The van der Waals surface area contributed by atoms with Gasteiger partial charge < -0.3 is 5.32 Å². The maximum Gasteiger partial charge on any atom is 0.213 e. The molecule has 0 amide bonds. The molecule has 20 heavy (non-hydrogen) atoms. The molecule has 112 valence electrons. The van der Waals surface area contributed by atoms with Crippen LogP contribution in [-0.2, 0) is 23.0 Å². The lowest BCUT2D eigenvalue weighted by atomic mass is 10.1. The number of sulfonamides is 1. The number of hydrogen-bond donors (Lipinski definition) is 2. The molecule has 0 spiro atoms. The van der Waals surface area contributed by atoms with Crippen LogP contribution in [0.5, 0.6) is 0 Å².